The number of anilines is 1. The van der Waals surface area contributed by atoms with Gasteiger partial charge in [0.25, 0.3) is 5.91 Å². The molecular weight excluding hydrogens is 306 g/mol. The largest absolute Gasteiger partial charge is 0.403 e. The van der Waals surface area contributed by atoms with Gasteiger partial charge in [-0.2, -0.15) is 5.10 Å². The predicted molar refractivity (Wildman–Crippen MR) is 89.8 cm³/mol. The van der Waals surface area contributed by atoms with E-state index in [1.807, 2.05) is 45.9 Å². The molecule has 7 nitrogen and oxygen atoms in total. The van der Waals surface area contributed by atoms with Crippen LogP contribution in [0.1, 0.15) is 41.5 Å². The van der Waals surface area contributed by atoms with Crippen LogP contribution in [-0.2, 0) is 0 Å². The fourth-order valence-corrected chi connectivity index (χ4v) is 2.26. The second-order valence-corrected chi connectivity index (χ2v) is 5.96. The van der Waals surface area contributed by atoms with Crippen molar-refractivity contribution in [2.45, 2.75) is 33.7 Å². The summed E-state index contributed by atoms with van der Waals surface area (Å²) in [6, 6.07) is 7.87. The molecule has 0 bridgehead atoms. The van der Waals surface area contributed by atoms with Gasteiger partial charge in [0.05, 0.1) is 0 Å². The van der Waals surface area contributed by atoms with Crippen molar-refractivity contribution in [3.8, 4) is 11.5 Å². The van der Waals surface area contributed by atoms with Crippen LogP contribution >= 0.6 is 0 Å². The van der Waals surface area contributed by atoms with Gasteiger partial charge in [-0.15, -0.1) is 5.10 Å². The molecule has 0 aliphatic carbocycles. The van der Waals surface area contributed by atoms with Crippen LogP contribution < -0.4 is 5.32 Å². The lowest BCUT2D eigenvalue weighted by atomic mass is 10.1. The van der Waals surface area contributed by atoms with Crippen molar-refractivity contribution >= 4 is 11.9 Å². The molecule has 0 fully saturated rings. The molecule has 24 heavy (non-hydrogen) atoms. The van der Waals surface area contributed by atoms with Crippen molar-refractivity contribution < 1.29 is 9.21 Å². The third-order valence-electron chi connectivity index (χ3n) is 3.64. The maximum absolute atomic E-state index is 12.2. The standard InChI is InChI=1S/C17H19N5O2/c1-10(2)22-8-7-14(21-22)15(23)18-17-20-19-16(24-17)13-9-11(3)5-6-12(13)4/h5-10H,1-4H3,(H,18,20,23). The molecule has 3 aromatic rings. The number of carbonyl (C=O) groups is 1. The summed E-state index contributed by atoms with van der Waals surface area (Å²) in [5.74, 6) is -0.00947. The van der Waals surface area contributed by atoms with Crippen LogP contribution in [0.5, 0.6) is 0 Å². The van der Waals surface area contributed by atoms with Crippen molar-refractivity contribution in [3.05, 3.63) is 47.3 Å². The zero-order valence-corrected chi connectivity index (χ0v) is 14.1. The van der Waals surface area contributed by atoms with Gasteiger partial charge in [-0.05, 0) is 45.4 Å². The first-order chi connectivity index (χ1) is 11.4. The minimum Gasteiger partial charge on any atom is -0.403 e. The number of carbonyl (C=O) groups excluding carboxylic acids is 1. The van der Waals surface area contributed by atoms with Crippen LogP contribution in [0.15, 0.2) is 34.9 Å². The Morgan fingerprint density at radius 1 is 1.21 bits per heavy atom. The predicted octanol–water partition coefficient (Wildman–Crippen LogP) is 3.38. The van der Waals surface area contributed by atoms with Crippen molar-refractivity contribution in [2.75, 3.05) is 5.32 Å². The molecule has 3 rings (SSSR count). The Hall–Kier alpha value is -2.96. The van der Waals surface area contributed by atoms with E-state index in [1.165, 1.54) is 0 Å². The van der Waals surface area contributed by atoms with Gasteiger partial charge in [-0.3, -0.25) is 14.8 Å². The summed E-state index contributed by atoms with van der Waals surface area (Å²) in [6.07, 6.45) is 1.76. The molecule has 1 amide bonds. The maximum Gasteiger partial charge on any atom is 0.322 e. The Labute approximate surface area is 139 Å². The van der Waals surface area contributed by atoms with Gasteiger partial charge >= 0.3 is 6.01 Å². The first-order valence-corrected chi connectivity index (χ1v) is 7.71. The molecular formula is C17H19N5O2. The quantitative estimate of drug-likeness (QED) is 0.794. The van der Waals surface area contributed by atoms with Gasteiger partial charge in [-0.1, -0.05) is 22.8 Å². The van der Waals surface area contributed by atoms with Gasteiger partial charge in [-0.25, -0.2) is 0 Å². The monoisotopic (exact) mass is 325 g/mol. The van der Waals surface area contributed by atoms with Crippen LogP contribution in [0.2, 0.25) is 0 Å². The lowest BCUT2D eigenvalue weighted by Gasteiger charge is -2.03. The maximum atomic E-state index is 12.2. The number of hydrogen-bond donors (Lipinski definition) is 1. The number of nitrogens with one attached hydrogen (secondary N) is 1. The van der Waals surface area contributed by atoms with Gasteiger partial charge in [0.15, 0.2) is 5.69 Å². The van der Waals surface area contributed by atoms with E-state index < -0.39 is 0 Å². The number of benzene rings is 1. The highest BCUT2D eigenvalue weighted by molar-refractivity contribution is 6.01. The summed E-state index contributed by atoms with van der Waals surface area (Å²) in [7, 11) is 0. The summed E-state index contributed by atoms with van der Waals surface area (Å²) in [4.78, 5) is 12.2. The number of hydrogen-bond acceptors (Lipinski definition) is 5. The van der Waals surface area contributed by atoms with Gasteiger partial charge in [0.2, 0.25) is 5.89 Å². The van der Waals surface area contributed by atoms with Crippen LogP contribution in [0, 0.1) is 13.8 Å². The smallest absolute Gasteiger partial charge is 0.322 e. The molecule has 0 unspecified atom stereocenters. The number of nitrogens with zero attached hydrogens (tertiary/aromatic N) is 4. The molecule has 0 saturated heterocycles. The Balaban J connectivity index is 1.78. The topological polar surface area (TPSA) is 85.8 Å². The molecule has 0 aliphatic heterocycles. The van der Waals surface area contributed by atoms with Crippen molar-refractivity contribution in [3.63, 3.8) is 0 Å². The van der Waals surface area contributed by atoms with Crippen LogP contribution in [-0.4, -0.2) is 25.9 Å². The molecule has 2 aromatic heterocycles. The highest BCUT2D eigenvalue weighted by atomic mass is 16.4. The molecule has 1 N–H and O–H groups in total. The van der Waals surface area contributed by atoms with Crippen molar-refractivity contribution in [1.29, 1.82) is 0 Å². The van der Waals surface area contributed by atoms with E-state index in [0.29, 0.717) is 11.6 Å². The molecule has 0 spiro atoms. The fourth-order valence-electron chi connectivity index (χ4n) is 2.26. The lowest BCUT2D eigenvalue weighted by Crippen LogP contribution is -2.14. The minimum atomic E-state index is -0.384. The molecule has 0 radical (unpaired) electrons. The molecule has 0 atom stereocenters. The van der Waals surface area contributed by atoms with Gasteiger partial charge in [0.1, 0.15) is 0 Å². The Morgan fingerprint density at radius 3 is 2.71 bits per heavy atom. The zero-order valence-electron chi connectivity index (χ0n) is 14.1. The second-order valence-electron chi connectivity index (χ2n) is 5.96. The molecule has 7 heteroatoms. The second kappa shape index (κ2) is 6.27. The van der Waals surface area contributed by atoms with E-state index in [4.69, 9.17) is 4.42 Å². The number of amides is 1. The Kier molecular flexibility index (Phi) is 4.16. The Morgan fingerprint density at radius 2 is 2.00 bits per heavy atom. The first kappa shape index (κ1) is 15.9. The van der Waals surface area contributed by atoms with Crippen LogP contribution in [0.25, 0.3) is 11.5 Å². The van der Waals surface area contributed by atoms with Crippen LogP contribution in [0.4, 0.5) is 6.01 Å². The van der Waals surface area contributed by atoms with Crippen molar-refractivity contribution in [2.24, 2.45) is 0 Å². The third-order valence-corrected chi connectivity index (χ3v) is 3.64. The van der Waals surface area contributed by atoms with E-state index in [9.17, 15) is 4.79 Å². The number of rotatable bonds is 4. The SMILES string of the molecule is Cc1ccc(C)c(-c2nnc(NC(=O)c3ccn(C(C)C)n3)o2)c1. The summed E-state index contributed by atoms with van der Waals surface area (Å²) in [6.45, 7) is 7.94. The summed E-state index contributed by atoms with van der Waals surface area (Å²) < 4.78 is 7.28. The molecule has 0 aliphatic rings. The van der Waals surface area contributed by atoms with E-state index in [2.05, 4.69) is 20.6 Å². The van der Waals surface area contributed by atoms with E-state index >= 15 is 0 Å². The highest BCUT2D eigenvalue weighted by Gasteiger charge is 2.16. The Bertz CT molecular complexity index is 879. The normalized spacial score (nSPS) is 11.0. The van der Waals surface area contributed by atoms with Gasteiger partial charge < -0.3 is 4.42 Å². The van der Waals surface area contributed by atoms with E-state index in [-0.39, 0.29) is 18.0 Å². The summed E-state index contributed by atoms with van der Waals surface area (Å²) >= 11 is 0. The first-order valence-electron chi connectivity index (χ1n) is 7.71. The molecule has 124 valence electrons. The summed E-state index contributed by atoms with van der Waals surface area (Å²) in [5.41, 5.74) is 3.28. The molecule has 0 saturated carbocycles. The average molecular weight is 325 g/mol. The average Bonchev–Trinajstić information content (AvgIpc) is 3.19. The molecule has 2 heterocycles. The van der Waals surface area contributed by atoms with E-state index in [1.54, 1.807) is 16.9 Å². The number of aryl methyl sites for hydroxylation is 2. The van der Waals surface area contributed by atoms with Crippen LogP contribution in [0.3, 0.4) is 0 Å². The minimum absolute atomic E-state index is 0.0509. The third kappa shape index (κ3) is 3.19. The van der Waals surface area contributed by atoms with Crippen molar-refractivity contribution in [1.82, 2.24) is 20.0 Å². The van der Waals surface area contributed by atoms with Gasteiger partial charge in [0, 0.05) is 17.8 Å². The highest BCUT2D eigenvalue weighted by Crippen LogP contribution is 2.24. The zero-order chi connectivity index (χ0) is 17.3. The lowest BCUT2D eigenvalue weighted by molar-refractivity contribution is 0.101. The van der Waals surface area contributed by atoms with E-state index in [0.717, 1.165) is 16.7 Å². The summed E-state index contributed by atoms with van der Waals surface area (Å²) in [5, 5.41) is 14.7. The molecule has 1 aromatic carbocycles. The number of aromatic nitrogens is 4. The fraction of sp³-hybridized carbons (Fsp3) is 0.294.